The normalized spacial score (nSPS) is 26.2. The van der Waals surface area contributed by atoms with Crippen LogP contribution in [-0.4, -0.2) is 55.8 Å². The Morgan fingerprint density at radius 1 is 1.38 bits per heavy atom. The SMILES string of the molecule is Cc1ccn(CC(=O)N[C@@H]2CC3CN(C(=O)C(C)C)C[C@@]3(c3nc(C)no3)C2)n1. The molecule has 2 aliphatic rings. The van der Waals surface area contributed by atoms with Crippen LogP contribution in [0.25, 0.3) is 0 Å². The summed E-state index contributed by atoms with van der Waals surface area (Å²) in [5.74, 6) is 1.38. The number of rotatable bonds is 5. The van der Waals surface area contributed by atoms with Gasteiger partial charge in [0.25, 0.3) is 0 Å². The van der Waals surface area contributed by atoms with Gasteiger partial charge in [0.15, 0.2) is 5.82 Å². The molecule has 1 saturated heterocycles. The van der Waals surface area contributed by atoms with Crippen LogP contribution in [0.3, 0.4) is 0 Å². The summed E-state index contributed by atoms with van der Waals surface area (Å²) in [4.78, 5) is 31.5. The Morgan fingerprint density at radius 3 is 2.79 bits per heavy atom. The molecule has 0 spiro atoms. The summed E-state index contributed by atoms with van der Waals surface area (Å²) < 4.78 is 7.21. The second-order valence-corrected chi connectivity index (χ2v) is 8.73. The number of likely N-dealkylation sites (tertiary alicyclic amines) is 1. The highest BCUT2D eigenvalue weighted by atomic mass is 16.5. The quantitative estimate of drug-likeness (QED) is 0.809. The van der Waals surface area contributed by atoms with E-state index in [-0.39, 0.29) is 36.2 Å². The van der Waals surface area contributed by atoms with Crippen LogP contribution in [0.2, 0.25) is 0 Å². The second kappa shape index (κ2) is 7.27. The van der Waals surface area contributed by atoms with Crippen LogP contribution >= 0.6 is 0 Å². The van der Waals surface area contributed by atoms with Crippen molar-refractivity contribution in [2.45, 2.75) is 58.5 Å². The first-order valence-electron chi connectivity index (χ1n) is 10.2. The van der Waals surface area contributed by atoms with Crippen LogP contribution in [0.1, 0.15) is 44.1 Å². The number of aromatic nitrogens is 4. The fourth-order valence-electron chi connectivity index (χ4n) is 4.82. The van der Waals surface area contributed by atoms with Gasteiger partial charge in [-0.15, -0.1) is 0 Å². The average Bonchev–Trinajstić information content (AvgIpc) is 3.38. The van der Waals surface area contributed by atoms with E-state index in [1.54, 1.807) is 17.8 Å². The molecule has 2 fully saturated rings. The molecule has 156 valence electrons. The molecule has 1 saturated carbocycles. The number of hydrogen-bond acceptors (Lipinski definition) is 6. The van der Waals surface area contributed by atoms with Crippen molar-refractivity contribution in [1.82, 2.24) is 30.1 Å². The molecule has 2 amide bonds. The zero-order valence-electron chi connectivity index (χ0n) is 17.4. The van der Waals surface area contributed by atoms with Crippen LogP contribution < -0.4 is 5.32 Å². The van der Waals surface area contributed by atoms with Gasteiger partial charge in [-0.25, -0.2) is 0 Å². The number of carbonyl (C=O) groups is 2. The smallest absolute Gasteiger partial charge is 0.241 e. The third kappa shape index (κ3) is 3.65. The molecule has 1 unspecified atom stereocenters. The Balaban J connectivity index is 1.49. The summed E-state index contributed by atoms with van der Waals surface area (Å²) in [6, 6.07) is 1.88. The molecule has 2 aromatic rings. The fourth-order valence-corrected chi connectivity index (χ4v) is 4.82. The molecular formula is C20H28N6O3. The first-order chi connectivity index (χ1) is 13.8. The number of amides is 2. The molecule has 0 bridgehead atoms. The van der Waals surface area contributed by atoms with Crippen molar-refractivity contribution in [3.05, 3.63) is 29.7 Å². The van der Waals surface area contributed by atoms with E-state index in [4.69, 9.17) is 4.52 Å². The number of hydrogen-bond donors (Lipinski definition) is 1. The van der Waals surface area contributed by atoms with Gasteiger partial charge in [-0.1, -0.05) is 19.0 Å². The lowest BCUT2D eigenvalue weighted by Gasteiger charge is -2.26. The lowest BCUT2D eigenvalue weighted by Crippen LogP contribution is -2.41. The van der Waals surface area contributed by atoms with Gasteiger partial charge in [0.2, 0.25) is 17.7 Å². The van der Waals surface area contributed by atoms with Crippen molar-refractivity contribution >= 4 is 11.8 Å². The van der Waals surface area contributed by atoms with E-state index < -0.39 is 5.41 Å². The molecule has 0 radical (unpaired) electrons. The van der Waals surface area contributed by atoms with Crippen LogP contribution in [-0.2, 0) is 21.5 Å². The first kappa shape index (κ1) is 19.6. The van der Waals surface area contributed by atoms with E-state index in [1.165, 1.54) is 0 Å². The number of nitrogens with one attached hydrogen (secondary N) is 1. The van der Waals surface area contributed by atoms with Crippen molar-refractivity contribution in [3.8, 4) is 0 Å². The second-order valence-electron chi connectivity index (χ2n) is 8.73. The molecular weight excluding hydrogens is 372 g/mol. The maximum atomic E-state index is 12.6. The van der Waals surface area contributed by atoms with E-state index >= 15 is 0 Å². The maximum absolute atomic E-state index is 12.6. The van der Waals surface area contributed by atoms with E-state index in [9.17, 15) is 9.59 Å². The Bertz CT molecular complexity index is 919. The molecule has 3 heterocycles. The number of aryl methyl sites for hydroxylation is 2. The number of fused-ring (bicyclic) bond motifs is 1. The van der Waals surface area contributed by atoms with Crippen LogP contribution in [0.4, 0.5) is 0 Å². The number of carbonyl (C=O) groups excluding carboxylic acids is 2. The minimum absolute atomic E-state index is 0.00710. The standard InChI is InChI=1S/C20H28N6O3/c1-12(2)18(28)25-9-15-7-16(22-17(27)10-26-6-5-13(3)23-26)8-20(15,11-25)19-21-14(4)24-29-19/h5-6,12,15-16H,7-11H2,1-4H3,(H,22,27)/t15?,16-,20+/m1/s1. The Hall–Kier alpha value is -2.71. The highest BCUT2D eigenvalue weighted by molar-refractivity contribution is 5.79. The third-order valence-electron chi connectivity index (χ3n) is 6.08. The molecule has 1 aliphatic carbocycles. The van der Waals surface area contributed by atoms with E-state index in [2.05, 4.69) is 20.6 Å². The molecule has 0 aromatic carbocycles. The zero-order chi connectivity index (χ0) is 20.8. The lowest BCUT2D eigenvalue weighted by molar-refractivity contribution is -0.134. The molecule has 3 atom stereocenters. The Morgan fingerprint density at radius 2 is 2.17 bits per heavy atom. The Kier molecular flexibility index (Phi) is 4.92. The van der Waals surface area contributed by atoms with Gasteiger partial charge in [-0.2, -0.15) is 10.1 Å². The van der Waals surface area contributed by atoms with Gasteiger partial charge in [-0.05, 0) is 38.7 Å². The highest BCUT2D eigenvalue weighted by Crippen LogP contribution is 2.50. The van der Waals surface area contributed by atoms with Gasteiger partial charge < -0.3 is 14.7 Å². The van der Waals surface area contributed by atoms with Crippen molar-refractivity contribution in [2.75, 3.05) is 13.1 Å². The van der Waals surface area contributed by atoms with Crippen LogP contribution in [0, 0.1) is 25.7 Å². The average molecular weight is 400 g/mol. The molecule has 4 rings (SSSR count). The van der Waals surface area contributed by atoms with E-state index in [1.807, 2.05) is 31.7 Å². The summed E-state index contributed by atoms with van der Waals surface area (Å²) in [5.41, 5.74) is 0.486. The Labute approximate surface area is 169 Å². The van der Waals surface area contributed by atoms with Crippen molar-refractivity contribution < 1.29 is 14.1 Å². The molecule has 1 aliphatic heterocycles. The van der Waals surface area contributed by atoms with Gasteiger partial charge in [-0.3, -0.25) is 14.3 Å². The topological polar surface area (TPSA) is 106 Å². The third-order valence-corrected chi connectivity index (χ3v) is 6.08. The van der Waals surface area contributed by atoms with Gasteiger partial charge in [0, 0.05) is 31.2 Å². The van der Waals surface area contributed by atoms with E-state index in [0.29, 0.717) is 31.2 Å². The predicted octanol–water partition coefficient (Wildman–Crippen LogP) is 1.21. The van der Waals surface area contributed by atoms with Crippen LogP contribution in [0.5, 0.6) is 0 Å². The largest absolute Gasteiger partial charge is 0.352 e. The van der Waals surface area contributed by atoms with Crippen LogP contribution in [0.15, 0.2) is 16.8 Å². The monoisotopic (exact) mass is 400 g/mol. The summed E-state index contributed by atoms with van der Waals surface area (Å²) >= 11 is 0. The van der Waals surface area contributed by atoms with Gasteiger partial charge >= 0.3 is 0 Å². The molecule has 9 nitrogen and oxygen atoms in total. The summed E-state index contributed by atoms with van der Waals surface area (Å²) in [7, 11) is 0. The minimum Gasteiger partial charge on any atom is -0.352 e. The van der Waals surface area contributed by atoms with Crippen molar-refractivity contribution in [1.29, 1.82) is 0 Å². The first-order valence-corrected chi connectivity index (χ1v) is 10.2. The predicted molar refractivity (Wildman–Crippen MR) is 104 cm³/mol. The molecule has 1 N–H and O–H groups in total. The number of nitrogens with zero attached hydrogens (tertiary/aromatic N) is 5. The molecule has 2 aromatic heterocycles. The fraction of sp³-hybridized carbons (Fsp3) is 0.650. The van der Waals surface area contributed by atoms with E-state index in [0.717, 1.165) is 12.1 Å². The summed E-state index contributed by atoms with van der Waals surface area (Å²) in [6.07, 6.45) is 3.27. The minimum atomic E-state index is -0.397. The van der Waals surface area contributed by atoms with Crippen molar-refractivity contribution in [3.63, 3.8) is 0 Å². The summed E-state index contributed by atoms with van der Waals surface area (Å²) in [6.45, 7) is 8.93. The molecule has 29 heavy (non-hydrogen) atoms. The summed E-state index contributed by atoms with van der Waals surface area (Å²) in [5, 5.41) is 11.4. The highest BCUT2D eigenvalue weighted by Gasteiger charge is 2.58. The van der Waals surface area contributed by atoms with Crippen molar-refractivity contribution in [2.24, 2.45) is 11.8 Å². The van der Waals surface area contributed by atoms with Gasteiger partial charge in [0.1, 0.15) is 6.54 Å². The maximum Gasteiger partial charge on any atom is 0.241 e. The zero-order valence-corrected chi connectivity index (χ0v) is 17.4. The lowest BCUT2D eigenvalue weighted by atomic mass is 9.80. The van der Waals surface area contributed by atoms with Gasteiger partial charge in [0.05, 0.1) is 11.1 Å². The molecule has 9 heteroatoms.